The molecular weight excluding hydrogens is 370 g/mol. The van der Waals surface area contributed by atoms with E-state index in [0.717, 1.165) is 11.1 Å². The number of esters is 1. The number of methoxy groups -OCH3 is 1. The highest BCUT2D eigenvalue weighted by Gasteiger charge is 2.41. The van der Waals surface area contributed by atoms with E-state index in [2.05, 4.69) is 5.10 Å². The van der Waals surface area contributed by atoms with Gasteiger partial charge in [-0.2, -0.15) is 5.10 Å². The van der Waals surface area contributed by atoms with Crippen molar-refractivity contribution in [3.8, 4) is 0 Å². The molecule has 2 aromatic carbocycles. The number of rotatable bonds is 4. The van der Waals surface area contributed by atoms with Crippen LogP contribution in [-0.4, -0.2) is 41.7 Å². The molecule has 29 heavy (non-hydrogen) atoms. The lowest BCUT2D eigenvalue weighted by atomic mass is 10.1. The fraction of sp³-hybridized carbons (Fsp3) is 0.273. The number of hydrogen-bond donors (Lipinski definition) is 0. The van der Waals surface area contributed by atoms with Gasteiger partial charge in [0, 0.05) is 24.9 Å². The normalized spacial score (nSPS) is 18.3. The van der Waals surface area contributed by atoms with E-state index in [0.29, 0.717) is 18.7 Å². The van der Waals surface area contributed by atoms with Crippen LogP contribution in [0.15, 0.2) is 59.7 Å². The van der Waals surface area contributed by atoms with Gasteiger partial charge in [-0.15, -0.1) is 0 Å². The Morgan fingerprint density at radius 2 is 1.79 bits per heavy atom. The molecule has 0 N–H and O–H groups in total. The standard InChI is InChI=1S/C22H21N3O4/c1-29-22(28)19-13-16-9-5-6-10-18(16)25(19)21(27)17-11-12-20(26)24(23-17)14-15-7-3-2-4-8-15/h2-10,19H,11-14H2,1H3. The molecule has 2 heterocycles. The van der Waals surface area contributed by atoms with Crippen molar-refractivity contribution < 1.29 is 19.1 Å². The first-order valence-electron chi connectivity index (χ1n) is 9.49. The van der Waals surface area contributed by atoms with Gasteiger partial charge >= 0.3 is 5.97 Å². The smallest absolute Gasteiger partial charge is 0.329 e. The summed E-state index contributed by atoms with van der Waals surface area (Å²) < 4.78 is 4.91. The van der Waals surface area contributed by atoms with Crippen LogP contribution in [0.5, 0.6) is 0 Å². The van der Waals surface area contributed by atoms with Crippen molar-refractivity contribution in [2.75, 3.05) is 12.0 Å². The van der Waals surface area contributed by atoms with Gasteiger partial charge in [-0.05, 0) is 17.2 Å². The van der Waals surface area contributed by atoms with E-state index in [1.807, 2.05) is 54.6 Å². The zero-order valence-electron chi connectivity index (χ0n) is 16.1. The van der Waals surface area contributed by atoms with E-state index in [1.165, 1.54) is 17.0 Å². The summed E-state index contributed by atoms with van der Waals surface area (Å²) in [4.78, 5) is 39.4. The number of carbonyl (C=O) groups is 3. The van der Waals surface area contributed by atoms with E-state index in [1.54, 1.807) is 0 Å². The molecule has 2 aromatic rings. The quantitative estimate of drug-likeness (QED) is 0.749. The Labute approximate surface area is 168 Å². The Balaban J connectivity index is 1.64. The van der Waals surface area contributed by atoms with Gasteiger partial charge in [-0.1, -0.05) is 48.5 Å². The largest absolute Gasteiger partial charge is 0.467 e. The third kappa shape index (κ3) is 3.63. The lowest BCUT2D eigenvalue weighted by Gasteiger charge is -2.28. The van der Waals surface area contributed by atoms with Gasteiger partial charge in [0.25, 0.3) is 5.91 Å². The average molecular weight is 391 g/mol. The molecule has 2 amide bonds. The summed E-state index contributed by atoms with van der Waals surface area (Å²) in [6.07, 6.45) is 0.847. The highest BCUT2D eigenvalue weighted by atomic mass is 16.5. The number of anilines is 1. The molecule has 0 saturated heterocycles. The Kier molecular flexibility index (Phi) is 5.12. The average Bonchev–Trinajstić information content (AvgIpc) is 3.14. The first kappa shape index (κ1) is 18.9. The number of nitrogens with zero attached hydrogens (tertiary/aromatic N) is 3. The molecule has 0 aromatic heterocycles. The lowest BCUT2D eigenvalue weighted by molar-refractivity contribution is -0.143. The number of amides is 2. The van der Waals surface area contributed by atoms with Crippen LogP contribution >= 0.6 is 0 Å². The zero-order chi connectivity index (χ0) is 20.4. The highest BCUT2D eigenvalue weighted by molar-refractivity contribution is 6.45. The van der Waals surface area contributed by atoms with E-state index in [4.69, 9.17) is 4.74 Å². The second-order valence-electron chi connectivity index (χ2n) is 7.03. The number of benzene rings is 2. The minimum atomic E-state index is -0.729. The molecule has 148 valence electrons. The Morgan fingerprint density at radius 1 is 1.07 bits per heavy atom. The molecule has 0 spiro atoms. The maximum Gasteiger partial charge on any atom is 0.329 e. The van der Waals surface area contributed by atoms with Gasteiger partial charge in [0.2, 0.25) is 5.91 Å². The molecule has 2 aliphatic heterocycles. The predicted molar refractivity (Wildman–Crippen MR) is 107 cm³/mol. The van der Waals surface area contributed by atoms with Crippen LogP contribution in [0.25, 0.3) is 0 Å². The monoisotopic (exact) mass is 391 g/mol. The number of hydrazone groups is 1. The second kappa shape index (κ2) is 7.87. The number of ether oxygens (including phenoxy) is 1. The van der Waals surface area contributed by atoms with Gasteiger partial charge in [0.1, 0.15) is 11.8 Å². The number of hydrogen-bond acceptors (Lipinski definition) is 5. The lowest BCUT2D eigenvalue weighted by Crippen LogP contribution is -2.48. The van der Waals surface area contributed by atoms with Crippen LogP contribution in [0.4, 0.5) is 5.69 Å². The molecule has 0 saturated carbocycles. The molecule has 7 nitrogen and oxygen atoms in total. The van der Waals surface area contributed by atoms with Crippen molar-refractivity contribution in [2.24, 2.45) is 5.10 Å². The van der Waals surface area contributed by atoms with E-state index in [9.17, 15) is 14.4 Å². The summed E-state index contributed by atoms with van der Waals surface area (Å²) in [6, 6.07) is 16.2. The summed E-state index contributed by atoms with van der Waals surface area (Å²) in [6.45, 7) is 0.299. The number of para-hydroxylation sites is 1. The van der Waals surface area contributed by atoms with Crippen molar-refractivity contribution in [3.05, 3.63) is 65.7 Å². The van der Waals surface area contributed by atoms with Crippen molar-refractivity contribution in [1.82, 2.24) is 5.01 Å². The minimum Gasteiger partial charge on any atom is -0.467 e. The summed E-state index contributed by atoms with van der Waals surface area (Å²) >= 11 is 0. The first-order chi connectivity index (χ1) is 14.1. The predicted octanol–water partition coefficient (Wildman–Crippen LogP) is 2.30. The van der Waals surface area contributed by atoms with Crippen LogP contribution in [-0.2, 0) is 32.1 Å². The van der Waals surface area contributed by atoms with E-state index in [-0.39, 0.29) is 30.4 Å². The van der Waals surface area contributed by atoms with Gasteiger partial charge < -0.3 is 4.74 Å². The van der Waals surface area contributed by atoms with Crippen LogP contribution < -0.4 is 4.90 Å². The molecule has 0 aliphatic carbocycles. The summed E-state index contributed by atoms with van der Waals surface area (Å²) in [7, 11) is 1.31. The third-order valence-corrected chi connectivity index (χ3v) is 5.20. The molecule has 7 heteroatoms. The molecule has 0 fully saturated rings. The molecule has 0 radical (unpaired) electrons. The van der Waals surface area contributed by atoms with Crippen molar-refractivity contribution in [3.63, 3.8) is 0 Å². The molecule has 1 unspecified atom stereocenters. The summed E-state index contributed by atoms with van der Waals surface area (Å²) in [5, 5.41) is 5.69. The Morgan fingerprint density at radius 3 is 2.55 bits per heavy atom. The molecular formula is C22H21N3O4. The molecule has 0 bridgehead atoms. The summed E-state index contributed by atoms with van der Waals surface area (Å²) in [5.41, 5.74) is 2.79. The van der Waals surface area contributed by atoms with Gasteiger partial charge in [0.05, 0.1) is 13.7 Å². The maximum absolute atomic E-state index is 13.3. The van der Waals surface area contributed by atoms with Crippen molar-refractivity contribution >= 4 is 29.2 Å². The number of carbonyl (C=O) groups excluding carboxylic acids is 3. The Hall–Kier alpha value is -3.48. The topological polar surface area (TPSA) is 79.3 Å². The Bertz CT molecular complexity index is 987. The SMILES string of the molecule is COC(=O)C1Cc2ccccc2N1C(=O)C1=NN(Cc2ccccc2)C(=O)CC1. The van der Waals surface area contributed by atoms with E-state index >= 15 is 0 Å². The first-order valence-corrected chi connectivity index (χ1v) is 9.49. The fourth-order valence-corrected chi connectivity index (χ4v) is 3.74. The maximum atomic E-state index is 13.3. The fourth-order valence-electron chi connectivity index (χ4n) is 3.74. The minimum absolute atomic E-state index is 0.128. The van der Waals surface area contributed by atoms with Crippen LogP contribution in [0.2, 0.25) is 0 Å². The molecule has 2 aliphatic rings. The van der Waals surface area contributed by atoms with Gasteiger partial charge in [-0.3, -0.25) is 14.5 Å². The van der Waals surface area contributed by atoms with Crippen molar-refractivity contribution in [2.45, 2.75) is 31.8 Å². The van der Waals surface area contributed by atoms with Crippen molar-refractivity contribution in [1.29, 1.82) is 0 Å². The van der Waals surface area contributed by atoms with Gasteiger partial charge in [-0.25, -0.2) is 9.80 Å². The second-order valence-corrected chi connectivity index (χ2v) is 7.03. The van der Waals surface area contributed by atoms with Gasteiger partial charge in [0.15, 0.2) is 0 Å². The van der Waals surface area contributed by atoms with Crippen LogP contribution in [0.3, 0.4) is 0 Å². The molecule has 1 atom stereocenters. The molecule has 4 rings (SSSR count). The van der Waals surface area contributed by atoms with E-state index < -0.39 is 12.0 Å². The zero-order valence-corrected chi connectivity index (χ0v) is 16.1. The van der Waals surface area contributed by atoms with Crippen LogP contribution in [0, 0.1) is 0 Å². The number of fused-ring (bicyclic) bond motifs is 1. The van der Waals surface area contributed by atoms with Crippen LogP contribution in [0.1, 0.15) is 24.0 Å². The third-order valence-electron chi connectivity index (χ3n) is 5.20. The summed E-state index contributed by atoms with van der Waals surface area (Å²) in [5.74, 6) is -0.962. The highest BCUT2D eigenvalue weighted by Crippen LogP contribution is 2.33.